The summed E-state index contributed by atoms with van der Waals surface area (Å²) in [5, 5.41) is 3.32. The molecule has 0 aromatic heterocycles. The normalized spacial score (nSPS) is 16.8. The van der Waals surface area contributed by atoms with Crippen molar-refractivity contribution >= 4 is 0 Å². The van der Waals surface area contributed by atoms with E-state index in [0.29, 0.717) is 12.5 Å². The molecule has 3 nitrogen and oxygen atoms in total. The third kappa shape index (κ3) is 3.68. The summed E-state index contributed by atoms with van der Waals surface area (Å²) in [4.78, 5) is 0. The van der Waals surface area contributed by atoms with E-state index in [2.05, 4.69) is 5.32 Å². The molecule has 1 fully saturated rings. The molecule has 100 valence electrons. The zero-order chi connectivity index (χ0) is 12.8. The SMILES string of the molecule is COc1ccc(COCC2CCNCC2)cc1F. The predicted molar refractivity (Wildman–Crippen MR) is 68.2 cm³/mol. The van der Waals surface area contributed by atoms with Crippen LogP contribution in [0.15, 0.2) is 18.2 Å². The average Bonchev–Trinajstić information content (AvgIpc) is 2.40. The first-order valence-corrected chi connectivity index (χ1v) is 6.40. The molecule has 0 aliphatic carbocycles. The Bertz CT molecular complexity index is 378. The van der Waals surface area contributed by atoms with E-state index in [1.165, 1.54) is 13.2 Å². The lowest BCUT2D eigenvalue weighted by molar-refractivity contribution is 0.0762. The van der Waals surface area contributed by atoms with Gasteiger partial charge in [0.25, 0.3) is 0 Å². The van der Waals surface area contributed by atoms with Crippen LogP contribution < -0.4 is 10.1 Å². The molecule has 0 unspecified atom stereocenters. The molecule has 1 aliphatic rings. The van der Waals surface area contributed by atoms with Gasteiger partial charge >= 0.3 is 0 Å². The highest BCUT2D eigenvalue weighted by Gasteiger charge is 2.13. The van der Waals surface area contributed by atoms with E-state index < -0.39 is 0 Å². The minimum absolute atomic E-state index is 0.275. The van der Waals surface area contributed by atoms with Crippen LogP contribution in [0.25, 0.3) is 0 Å². The number of rotatable bonds is 5. The highest BCUT2D eigenvalue weighted by atomic mass is 19.1. The Hall–Kier alpha value is -1.13. The summed E-state index contributed by atoms with van der Waals surface area (Å²) in [5.74, 6) is 0.576. The maximum absolute atomic E-state index is 13.4. The fraction of sp³-hybridized carbons (Fsp3) is 0.571. The molecule has 1 N–H and O–H groups in total. The molecular weight excluding hydrogens is 233 g/mol. The first-order chi connectivity index (χ1) is 8.79. The monoisotopic (exact) mass is 253 g/mol. The number of hydrogen-bond donors (Lipinski definition) is 1. The fourth-order valence-corrected chi connectivity index (χ4v) is 2.19. The molecular formula is C14H20FNO2. The van der Waals surface area contributed by atoms with Crippen molar-refractivity contribution in [2.75, 3.05) is 26.8 Å². The summed E-state index contributed by atoms with van der Waals surface area (Å²) < 4.78 is 24.0. The second-order valence-corrected chi connectivity index (χ2v) is 4.68. The van der Waals surface area contributed by atoms with Crippen LogP contribution in [0, 0.1) is 11.7 Å². The van der Waals surface area contributed by atoms with Crippen LogP contribution in [0.5, 0.6) is 5.75 Å². The molecule has 4 heteroatoms. The van der Waals surface area contributed by atoms with Crippen molar-refractivity contribution in [1.29, 1.82) is 0 Å². The maximum Gasteiger partial charge on any atom is 0.165 e. The van der Waals surface area contributed by atoms with Crippen molar-refractivity contribution in [3.8, 4) is 5.75 Å². The highest BCUT2D eigenvalue weighted by molar-refractivity contribution is 5.28. The van der Waals surface area contributed by atoms with Gasteiger partial charge in [0, 0.05) is 6.61 Å². The molecule has 1 aromatic carbocycles. The standard InChI is InChI=1S/C14H20FNO2/c1-17-14-3-2-12(8-13(14)15)10-18-9-11-4-6-16-7-5-11/h2-3,8,11,16H,4-7,9-10H2,1H3. The number of piperidine rings is 1. The minimum atomic E-state index is -0.333. The van der Waals surface area contributed by atoms with Gasteiger partial charge in [-0.3, -0.25) is 0 Å². The Labute approximate surface area is 107 Å². The molecule has 0 saturated carbocycles. The van der Waals surface area contributed by atoms with Crippen molar-refractivity contribution in [3.05, 3.63) is 29.6 Å². The van der Waals surface area contributed by atoms with Gasteiger partial charge in [-0.25, -0.2) is 4.39 Å². The van der Waals surface area contributed by atoms with Crippen LogP contribution in [0.2, 0.25) is 0 Å². The summed E-state index contributed by atoms with van der Waals surface area (Å²) >= 11 is 0. The van der Waals surface area contributed by atoms with E-state index >= 15 is 0 Å². The largest absolute Gasteiger partial charge is 0.494 e. The minimum Gasteiger partial charge on any atom is -0.494 e. The highest BCUT2D eigenvalue weighted by Crippen LogP contribution is 2.19. The second-order valence-electron chi connectivity index (χ2n) is 4.68. The molecule has 0 bridgehead atoms. The molecule has 2 rings (SSSR count). The van der Waals surface area contributed by atoms with Crippen LogP contribution in [0.3, 0.4) is 0 Å². The van der Waals surface area contributed by atoms with Gasteiger partial charge in [0.15, 0.2) is 11.6 Å². The number of hydrogen-bond acceptors (Lipinski definition) is 3. The van der Waals surface area contributed by atoms with Crippen LogP contribution in [0.1, 0.15) is 18.4 Å². The fourth-order valence-electron chi connectivity index (χ4n) is 2.19. The third-order valence-corrected chi connectivity index (χ3v) is 3.30. The number of methoxy groups -OCH3 is 1. The van der Waals surface area contributed by atoms with Crippen molar-refractivity contribution in [2.24, 2.45) is 5.92 Å². The Morgan fingerprint density at radius 2 is 2.11 bits per heavy atom. The lowest BCUT2D eigenvalue weighted by atomic mass is 9.99. The van der Waals surface area contributed by atoms with Gasteiger partial charge < -0.3 is 14.8 Å². The van der Waals surface area contributed by atoms with Crippen LogP contribution in [-0.4, -0.2) is 26.8 Å². The summed E-state index contributed by atoms with van der Waals surface area (Å²) in [6.45, 7) is 3.37. The number of nitrogens with one attached hydrogen (secondary N) is 1. The molecule has 0 amide bonds. The van der Waals surface area contributed by atoms with Crippen molar-refractivity contribution < 1.29 is 13.9 Å². The second kappa shape index (κ2) is 6.71. The van der Waals surface area contributed by atoms with Gasteiger partial charge in [0.05, 0.1) is 13.7 Å². The van der Waals surface area contributed by atoms with E-state index in [0.717, 1.165) is 38.1 Å². The van der Waals surface area contributed by atoms with Gasteiger partial charge in [-0.1, -0.05) is 6.07 Å². The predicted octanol–water partition coefficient (Wildman–Crippen LogP) is 2.35. The topological polar surface area (TPSA) is 30.5 Å². The summed E-state index contributed by atoms with van der Waals surface area (Å²) in [7, 11) is 1.46. The first-order valence-electron chi connectivity index (χ1n) is 6.40. The first kappa shape index (κ1) is 13.3. The van der Waals surface area contributed by atoms with Crippen molar-refractivity contribution in [2.45, 2.75) is 19.4 Å². The smallest absolute Gasteiger partial charge is 0.165 e. The molecule has 1 heterocycles. The van der Waals surface area contributed by atoms with Crippen LogP contribution >= 0.6 is 0 Å². The number of ether oxygens (including phenoxy) is 2. The van der Waals surface area contributed by atoms with E-state index in [9.17, 15) is 4.39 Å². The molecule has 1 saturated heterocycles. The Morgan fingerprint density at radius 1 is 1.33 bits per heavy atom. The van der Waals surface area contributed by atoms with Crippen molar-refractivity contribution in [1.82, 2.24) is 5.32 Å². The van der Waals surface area contributed by atoms with Gasteiger partial charge in [0.2, 0.25) is 0 Å². The maximum atomic E-state index is 13.4. The van der Waals surface area contributed by atoms with Gasteiger partial charge in [0.1, 0.15) is 0 Å². The molecule has 0 spiro atoms. The summed E-state index contributed by atoms with van der Waals surface area (Å²) in [6, 6.07) is 4.95. The lowest BCUT2D eigenvalue weighted by Crippen LogP contribution is -2.29. The molecule has 0 radical (unpaired) electrons. The molecule has 0 atom stereocenters. The van der Waals surface area contributed by atoms with E-state index in [1.807, 2.05) is 6.07 Å². The molecule has 1 aliphatic heterocycles. The zero-order valence-corrected chi connectivity index (χ0v) is 10.7. The number of benzene rings is 1. The quantitative estimate of drug-likeness (QED) is 0.873. The number of halogens is 1. The Balaban J connectivity index is 1.77. The van der Waals surface area contributed by atoms with E-state index in [4.69, 9.17) is 9.47 Å². The summed E-state index contributed by atoms with van der Waals surface area (Å²) in [5.41, 5.74) is 0.849. The Kier molecular flexibility index (Phi) is 4.96. The van der Waals surface area contributed by atoms with Gasteiger partial charge in [-0.15, -0.1) is 0 Å². The van der Waals surface area contributed by atoms with E-state index in [1.54, 1.807) is 6.07 Å². The average molecular weight is 253 g/mol. The molecule has 1 aromatic rings. The zero-order valence-electron chi connectivity index (χ0n) is 10.7. The molecule has 18 heavy (non-hydrogen) atoms. The van der Waals surface area contributed by atoms with Crippen LogP contribution in [0.4, 0.5) is 4.39 Å². The van der Waals surface area contributed by atoms with Crippen LogP contribution in [-0.2, 0) is 11.3 Å². The van der Waals surface area contributed by atoms with Gasteiger partial charge in [-0.2, -0.15) is 0 Å². The van der Waals surface area contributed by atoms with E-state index in [-0.39, 0.29) is 11.6 Å². The summed E-state index contributed by atoms with van der Waals surface area (Å²) in [6.07, 6.45) is 2.33. The lowest BCUT2D eigenvalue weighted by Gasteiger charge is -2.22. The van der Waals surface area contributed by atoms with Gasteiger partial charge in [-0.05, 0) is 49.5 Å². The Morgan fingerprint density at radius 3 is 2.78 bits per heavy atom. The third-order valence-electron chi connectivity index (χ3n) is 3.30. The van der Waals surface area contributed by atoms with Crippen molar-refractivity contribution in [3.63, 3.8) is 0 Å².